The van der Waals surface area contributed by atoms with Crippen LogP contribution >= 0.6 is 11.9 Å². The van der Waals surface area contributed by atoms with Crippen LogP contribution in [-0.2, 0) is 6.42 Å². The van der Waals surface area contributed by atoms with Crippen LogP contribution in [-0.4, -0.2) is 0 Å². The highest BCUT2D eigenvalue weighted by atomic mass is 32.2. The number of benzene rings is 2. The normalized spacial score (nSPS) is 13.5. The van der Waals surface area contributed by atoms with E-state index in [1.54, 1.807) is 11.9 Å². The maximum absolute atomic E-state index is 3.40. The van der Waals surface area contributed by atoms with Crippen LogP contribution in [0.5, 0.6) is 0 Å². The first-order valence-corrected chi connectivity index (χ1v) is 6.50. The third kappa shape index (κ3) is 2.37. The van der Waals surface area contributed by atoms with Gasteiger partial charge in [0.25, 0.3) is 0 Å². The van der Waals surface area contributed by atoms with Crippen LogP contribution in [0.4, 0.5) is 0 Å². The van der Waals surface area contributed by atoms with Crippen LogP contribution in [0, 0.1) is 0 Å². The maximum Gasteiger partial charge on any atom is 0.0357 e. The molecule has 1 aliphatic rings. The molecular formula is C15H13NS. The van der Waals surface area contributed by atoms with Crippen LogP contribution in [0.15, 0.2) is 65.2 Å². The van der Waals surface area contributed by atoms with Crippen LogP contribution in [0.3, 0.4) is 0 Å². The Hall–Kier alpha value is -1.67. The van der Waals surface area contributed by atoms with Crippen molar-refractivity contribution in [2.45, 2.75) is 11.3 Å². The Bertz CT molecular complexity index is 546. The second-order valence-electron chi connectivity index (χ2n) is 4.07. The molecule has 0 spiro atoms. The van der Waals surface area contributed by atoms with E-state index in [-0.39, 0.29) is 0 Å². The van der Waals surface area contributed by atoms with E-state index in [1.165, 1.54) is 21.7 Å². The molecule has 17 heavy (non-hydrogen) atoms. The molecule has 0 saturated heterocycles. The first-order chi connectivity index (χ1) is 8.42. The molecule has 0 atom stereocenters. The fourth-order valence-corrected chi connectivity index (χ4v) is 2.70. The molecule has 0 fully saturated rings. The van der Waals surface area contributed by atoms with Crippen molar-refractivity contribution in [1.82, 2.24) is 4.72 Å². The van der Waals surface area contributed by atoms with Gasteiger partial charge in [0.1, 0.15) is 0 Å². The Balaban J connectivity index is 1.85. The number of allylic oxidation sites excluding steroid dienone is 1. The molecule has 0 aliphatic carbocycles. The zero-order valence-corrected chi connectivity index (χ0v) is 10.2. The largest absolute Gasteiger partial charge is 0.329 e. The van der Waals surface area contributed by atoms with Crippen LogP contribution < -0.4 is 4.72 Å². The Morgan fingerprint density at radius 2 is 1.65 bits per heavy atom. The van der Waals surface area contributed by atoms with E-state index < -0.39 is 0 Å². The summed E-state index contributed by atoms with van der Waals surface area (Å²) in [6.45, 7) is 0. The molecule has 0 radical (unpaired) electrons. The molecule has 0 aromatic heterocycles. The smallest absolute Gasteiger partial charge is 0.0357 e. The van der Waals surface area contributed by atoms with Gasteiger partial charge >= 0.3 is 0 Å². The van der Waals surface area contributed by atoms with Crippen LogP contribution in [0.2, 0.25) is 0 Å². The highest BCUT2D eigenvalue weighted by Crippen LogP contribution is 2.28. The van der Waals surface area contributed by atoms with Crippen LogP contribution in [0.25, 0.3) is 6.08 Å². The van der Waals surface area contributed by atoms with Gasteiger partial charge in [-0.15, -0.1) is 0 Å². The van der Waals surface area contributed by atoms with Gasteiger partial charge < -0.3 is 4.72 Å². The number of fused-ring (bicyclic) bond motifs is 1. The molecule has 1 heterocycles. The zero-order chi connectivity index (χ0) is 11.5. The molecule has 0 saturated carbocycles. The molecule has 3 rings (SSSR count). The van der Waals surface area contributed by atoms with E-state index in [0.717, 1.165) is 6.42 Å². The van der Waals surface area contributed by atoms with E-state index in [0.29, 0.717) is 0 Å². The molecule has 2 aromatic rings. The van der Waals surface area contributed by atoms with Gasteiger partial charge in [0.05, 0.1) is 0 Å². The quantitative estimate of drug-likeness (QED) is 0.798. The molecule has 0 bridgehead atoms. The van der Waals surface area contributed by atoms with E-state index in [4.69, 9.17) is 0 Å². The topological polar surface area (TPSA) is 12.0 Å². The summed E-state index contributed by atoms with van der Waals surface area (Å²) in [5.74, 6) is 0. The van der Waals surface area contributed by atoms with Crippen molar-refractivity contribution in [2.24, 2.45) is 0 Å². The molecule has 0 unspecified atom stereocenters. The minimum Gasteiger partial charge on any atom is -0.329 e. The summed E-state index contributed by atoms with van der Waals surface area (Å²) in [7, 11) is 0. The lowest BCUT2D eigenvalue weighted by Gasteiger charge is -2.17. The van der Waals surface area contributed by atoms with Crippen molar-refractivity contribution in [3.8, 4) is 0 Å². The third-order valence-corrected chi connectivity index (χ3v) is 3.73. The van der Waals surface area contributed by atoms with Gasteiger partial charge in [-0.1, -0.05) is 48.5 Å². The average Bonchev–Trinajstić information content (AvgIpc) is 2.40. The van der Waals surface area contributed by atoms with Crippen molar-refractivity contribution in [3.63, 3.8) is 0 Å². The third-order valence-electron chi connectivity index (χ3n) is 2.78. The van der Waals surface area contributed by atoms with Gasteiger partial charge in [-0.25, -0.2) is 0 Å². The van der Waals surface area contributed by atoms with Gasteiger partial charge in [-0.05, 0) is 35.2 Å². The van der Waals surface area contributed by atoms with Crippen molar-refractivity contribution in [1.29, 1.82) is 0 Å². The molecule has 2 heteroatoms. The molecule has 0 amide bonds. The van der Waals surface area contributed by atoms with Crippen molar-refractivity contribution < 1.29 is 0 Å². The highest BCUT2D eigenvalue weighted by molar-refractivity contribution is 7.97. The van der Waals surface area contributed by atoms with Crippen LogP contribution in [0.1, 0.15) is 11.1 Å². The summed E-state index contributed by atoms with van der Waals surface area (Å²) in [6, 6.07) is 19.0. The number of hydrogen-bond acceptors (Lipinski definition) is 2. The Labute approximate surface area is 106 Å². The SMILES string of the molecule is C1=C(Cc2ccccc2)NSc2ccccc21. The van der Waals surface area contributed by atoms with Gasteiger partial charge in [0.2, 0.25) is 0 Å². The molecule has 1 nitrogen and oxygen atoms in total. The highest BCUT2D eigenvalue weighted by Gasteiger charge is 2.09. The molecule has 84 valence electrons. The summed E-state index contributed by atoms with van der Waals surface area (Å²) < 4.78 is 3.40. The number of hydrogen-bond donors (Lipinski definition) is 1. The minimum atomic E-state index is 0.960. The Morgan fingerprint density at radius 3 is 2.53 bits per heavy atom. The van der Waals surface area contributed by atoms with Gasteiger partial charge in [-0.3, -0.25) is 0 Å². The van der Waals surface area contributed by atoms with Crippen molar-refractivity contribution >= 4 is 18.0 Å². The monoisotopic (exact) mass is 239 g/mol. The van der Waals surface area contributed by atoms with Crippen molar-refractivity contribution in [3.05, 3.63) is 71.4 Å². The summed E-state index contributed by atoms with van der Waals surface area (Å²) in [5.41, 5.74) is 3.91. The lowest BCUT2D eigenvalue weighted by Crippen LogP contribution is -2.10. The predicted molar refractivity (Wildman–Crippen MR) is 73.6 cm³/mol. The second kappa shape index (κ2) is 4.68. The molecular weight excluding hydrogens is 226 g/mol. The zero-order valence-electron chi connectivity index (χ0n) is 9.39. The first kappa shape index (κ1) is 10.5. The average molecular weight is 239 g/mol. The van der Waals surface area contributed by atoms with E-state index in [9.17, 15) is 0 Å². The first-order valence-electron chi connectivity index (χ1n) is 5.68. The van der Waals surface area contributed by atoms with Gasteiger partial charge in [-0.2, -0.15) is 0 Å². The summed E-state index contributed by atoms with van der Waals surface area (Å²) >= 11 is 1.70. The fraction of sp³-hybridized carbons (Fsp3) is 0.0667. The lowest BCUT2D eigenvalue weighted by atomic mass is 10.1. The lowest BCUT2D eigenvalue weighted by molar-refractivity contribution is 1.05. The van der Waals surface area contributed by atoms with E-state index in [2.05, 4.69) is 65.4 Å². The molecule has 1 aliphatic heterocycles. The van der Waals surface area contributed by atoms with Gasteiger partial charge in [0, 0.05) is 17.0 Å². The van der Waals surface area contributed by atoms with Gasteiger partial charge in [0.15, 0.2) is 0 Å². The summed E-state index contributed by atoms with van der Waals surface area (Å²) in [6.07, 6.45) is 3.20. The predicted octanol–water partition coefficient (Wildman–Crippen LogP) is 3.88. The maximum atomic E-state index is 3.40. The van der Waals surface area contributed by atoms with E-state index >= 15 is 0 Å². The molecule has 1 N–H and O–H groups in total. The summed E-state index contributed by atoms with van der Waals surface area (Å²) in [4.78, 5) is 1.30. The molecule has 2 aromatic carbocycles. The fourth-order valence-electron chi connectivity index (χ4n) is 1.93. The van der Waals surface area contributed by atoms with Crippen molar-refractivity contribution in [2.75, 3.05) is 0 Å². The number of rotatable bonds is 2. The van der Waals surface area contributed by atoms with E-state index in [1.807, 2.05) is 0 Å². The standard InChI is InChI=1S/C15H13NS/c1-2-6-12(7-3-1)10-14-11-13-8-4-5-9-15(13)17-16-14/h1-9,11,16H,10H2. The summed E-state index contributed by atoms with van der Waals surface area (Å²) in [5, 5.41) is 0. The number of nitrogens with one attached hydrogen (secondary N) is 1. The second-order valence-corrected chi connectivity index (χ2v) is 4.92. The Kier molecular flexibility index (Phi) is 2.88. The minimum absolute atomic E-state index is 0.960. The Morgan fingerprint density at radius 1 is 0.882 bits per heavy atom.